The molecule has 3 N–H and O–H groups in total. The van der Waals surface area contributed by atoms with E-state index in [9.17, 15) is 45.1 Å². The van der Waals surface area contributed by atoms with Crippen LogP contribution in [0.15, 0.2) is 82.0 Å². The number of thioether (sulfide) groups is 1. The van der Waals surface area contributed by atoms with E-state index in [1.165, 1.54) is 48.6 Å². The fourth-order valence-corrected chi connectivity index (χ4v) is 5.24. The number of hydrogen-bond donors (Lipinski definition) is 3. The second-order valence-corrected chi connectivity index (χ2v) is 11.4. The average molecular weight is 668 g/mol. The summed E-state index contributed by atoms with van der Waals surface area (Å²) >= 11 is 2.23. The number of halogens is 7. The summed E-state index contributed by atoms with van der Waals surface area (Å²) in [7, 11) is 0. The molecular weight excluding hydrogens is 647 g/mol. The van der Waals surface area contributed by atoms with Crippen molar-refractivity contribution < 1.29 is 45.1 Å². The van der Waals surface area contributed by atoms with Gasteiger partial charge in [0, 0.05) is 16.1 Å². The van der Waals surface area contributed by atoms with E-state index in [2.05, 4.69) is 10.6 Å². The first-order chi connectivity index (χ1) is 21.3. The molecule has 4 rings (SSSR count). The maximum absolute atomic E-state index is 14.2. The van der Waals surface area contributed by atoms with Gasteiger partial charge >= 0.3 is 6.18 Å². The minimum absolute atomic E-state index is 0.0402. The monoisotopic (exact) mass is 667 g/mol. The van der Waals surface area contributed by atoms with Crippen LogP contribution in [-0.4, -0.2) is 23.0 Å². The van der Waals surface area contributed by atoms with Gasteiger partial charge in [-0.2, -0.15) is 24.5 Å². The highest BCUT2D eigenvalue weighted by molar-refractivity contribution is 8.00. The van der Waals surface area contributed by atoms with Gasteiger partial charge in [0.05, 0.1) is 5.25 Å². The van der Waals surface area contributed by atoms with E-state index in [-0.39, 0.29) is 5.70 Å². The van der Waals surface area contributed by atoms with Crippen molar-refractivity contribution in [2.24, 2.45) is 0 Å². The molecule has 45 heavy (non-hydrogen) atoms. The molecule has 4 aromatic rings. The van der Waals surface area contributed by atoms with Crippen LogP contribution < -0.4 is 16.0 Å². The van der Waals surface area contributed by atoms with Crippen LogP contribution in [0.25, 0.3) is 6.08 Å². The van der Waals surface area contributed by atoms with Gasteiger partial charge < -0.3 is 16.0 Å². The van der Waals surface area contributed by atoms with Crippen molar-refractivity contribution in [3.05, 3.63) is 117 Å². The second kappa shape index (κ2) is 14.0. The van der Waals surface area contributed by atoms with Gasteiger partial charge in [-0.05, 0) is 71.8 Å². The Hall–Kier alpha value is -4.63. The third-order valence-electron chi connectivity index (χ3n) is 5.97. The van der Waals surface area contributed by atoms with Crippen molar-refractivity contribution in [3.8, 4) is 0 Å². The Bertz CT molecular complexity index is 1720. The molecule has 0 bridgehead atoms. The average Bonchev–Trinajstić information content (AvgIpc) is 3.52. The normalized spacial score (nSPS) is 12.4. The van der Waals surface area contributed by atoms with Crippen molar-refractivity contribution in [1.82, 2.24) is 5.32 Å². The molecule has 15 heteroatoms. The molecule has 3 amide bonds. The molecule has 0 spiro atoms. The minimum atomic E-state index is -5.72. The van der Waals surface area contributed by atoms with Crippen LogP contribution in [0.1, 0.15) is 28.4 Å². The predicted molar refractivity (Wildman–Crippen MR) is 157 cm³/mol. The summed E-state index contributed by atoms with van der Waals surface area (Å²) in [6.45, 7) is 1.28. The van der Waals surface area contributed by atoms with E-state index < -0.39 is 63.7 Å². The lowest BCUT2D eigenvalue weighted by molar-refractivity contribution is -0.143. The maximum atomic E-state index is 14.2. The molecule has 1 heterocycles. The summed E-state index contributed by atoms with van der Waals surface area (Å²) in [6.07, 6.45) is -4.22. The van der Waals surface area contributed by atoms with Crippen molar-refractivity contribution >= 4 is 58.3 Å². The molecule has 0 aliphatic carbocycles. The Morgan fingerprint density at radius 1 is 0.844 bits per heavy atom. The lowest BCUT2D eigenvalue weighted by atomic mass is 10.1. The first-order valence-electron chi connectivity index (χ1n) is 12.7. The van der Waals surface area contributed by atoms with Gasteiger partial charge in [-0.1, -0.05) is 18.2 Å². The summed E-state index contributed by atoms with van der Waals surface area (Å²) in [5.74, 6) is -12.5. The highest BCUT2D eigenvalue weighted by Gasteiger charge is 2.42. The quantitative estimate of drug-likeness (QED) is 0.0735. The lowest BCUT2D eigenvalue weighted by Crippen LogP contribution is -2.30. The van der Waals surface area contributed by atoms with Gasteiger partial charge in [0.2, 0.25) is 5.91 Å². The molecule has 0 fully saturated rings. The largest absolute Gasteiger partial charge is 0.422 e. The number of rotatable bonds is 9. The van der Waals surface area contributed by atoms with Crippen LogP contribution in [0.2, 0.25) is 0 Å². The molecule has 0 aliphatic rings. The van der Waals surface area contributed by atoms with E-state index >= 15 is 0 Å². The van der Waals surface area contributed by atoms with E-state index in [0.29, 0.717) is 21.7 Å². The van der Waals surface area contributed by atoms with Gasteiger partial charge in [0.25, 0.3) is 11.8 Å². The Labute approximate surface area is 259 Å². The molecule has 0 saturated carbocycles. The van der Waals surface area contributed by atoms with Crippen molar-refractivity contribution in [2.45, 2.75) is 23.2 Å². The SMILES string of the molecule is CC(Sc1ccc(NC(=O)/C(=C/c2ccsc2)NC(=O)c2ccccc2)cc1)C(=O)Nc1c(F)c(F)c(C(F)(F)F)c(F)c1F. The first kappa shape index (κ1) is 33.3. The Morgan fingerprint density at radius 2 is 1.47 bits per heavy atom. The molecule has 0 aliphatic heterocycles. The first-order valence-corrected chi connectivity index (χ1v) is 14.5. The van der Waals surface area contributed by atoms with Crippen LogP contribution in [0.4, 0.5) is 42.1 Å². The van der Waals surface area contributed by atoms with Gasteiger partial charge in [0.15, 0.2) is 23.3 Å². The van der Waals surface area contributed by atoms with E-state index in [1.54, 1.807) is 52.5 Å². The summed E-state index contributed by atoms with van der Waals surface area (Å²) in [4.78, 5) is 38.7. The Morgan fingerprint density at radius 3 is 2.02 bits per heavy atom. The highest BCUT2D eigenvalue weighted by Crippen LogP contribution is 2.38. The molecule has 0 saturated heterocycles. The number of alkyl halides is 3. The third kappa shape index (κ3) is 8.10. The smallest absolute Gasteiger partial charge is 0.321 e. The van der Waals surface area contributed by atoms with Gasteiger partial charge in [-0.25, -0.2) is 17.6 Å². The van der Waals surface area contributed by atoms with Crippen LogP contribution >= 0.6 is 23.1 Å². The van der Waals surface area contributed by atoms with Crippen LogP contribution in [0.3, 0.4) is 0 Å². The number of carbonyl (C=O) groups is 3. The minimum Gasteiger partial charge on any atom is -0.321 e. The molecule has 234 valence electrons. The molecule has 3 aromatic carbocycles. The van der Waals surface area contributed by atoms with Crippen LogP contribution in [0, 0.1) is 23.3 Å². The van der Waals surface area contributed by atoms with Gasteiger partial charge in [-0.15, -0.1) is 11.8 Å². The third-order valence-corrected chi connectivity index (χ3v) is 7.79. The van der Waals surface area contributed by atoms with Gasteiger partial charge in [-0.3, -0.25) is 14.4 Å². The van der Waals surface area contributed by atoms with Gasteiger partial charge in [0.1, 0.15) is 16.9 Å². The summed E-state index contributed by atoms with van der Waals surface area (Å²) in [5.41, 5.74) is -3.18. The van der Waals surface area contributed by atoms with E-state index in [4.69, 9.17) is 0 Å². The molecule has 0 radical (unpaired) electrons. The zero-order valence-corrected chi connectivity index (χ0v) is 24.4. The Balaban J connectivity index is 1.43. The van der Waals surface area contributed by atoms with Crippen LogP contribution in [-0.2, 0) is 15.8 Å². The zero-order chi connectivity index (χ0) is 32.9. The second-order valence-electron chi connectivity index (χ2n) is 9.17. The molecule has 1 unspecified atom stereocenters. The number of amides is 3. The molecular formula is C30H20F7N3O3S2. The number of benzene rings is 3. The summed E-state index contributed by atoms with van der Waals surface area (Å²) in [6, 6.07) is 15.9. The van der Waals surface area contributed by atoms with Crippen molar-refractivity contribution in [2.75, 3.05) is 10.6 Å². The van der Waals surface area contributed by atoms with Crippen molar-refractivity contribution in [1.29, 1.82) is 0 Å². The number of hydrogen-bond acceptors (Lipinski definition) is 5. The van der Waals surface area contributed by atoms with Crippen molar-refractivity contribution in [3.63, 3.8) is 0 Å². The topological polar surface area (TPSA) is 87.3 Å². The fraction of sp³-hybridized carbons (Fsp3) is 0.100. The number of carbonyl (C=O) groups excluding carboxylic acids is 3. The lowest BCUT2D eigenvalue weighted by Gasteiger charge is -2.16. The number of nitrogens with one attached hydrogen (secondary N) is 3. The predicted octanol–water partition coefficient (Wildman–Crippen LogP) is 7.85. The van der Waals surface area contributed by atoms with Crippen LogP contribution in [0.5, 0.6) is 0 Å². The highest BCUT2D eigenvalue weighted by atomic mass is 32.2. The zero-order valence-electron chi connectivity index (χ0n) is 22.8. The molecule has 6 nitrogen and oxygen atoms in total. The Kier molecular flexibility index (Phi) is 10.3. The number of thiophene rings is 1. The van der Waals surface area contributed by atoms with E-state index in [1.807, 2.05) is 0 Å². The van der Waals surface area contributed by atoms with E-state index in [0.717, 1.165) is 11.8 Å². The number of anilines is 2. The molecule has 1 aromatic heterocycles. The summed E-state index contributed by atoms with van der Waals surface area (Å²) < 4.78 is 94.6. The maximum Gasteiger partial charge on any atom is 0.422 e. The summed E-state index contributed by atoms with van der Waals surface area (Å²) in [5, 5.41) is 9.27. The molecule has 1 atom stereocenters. The fourth-order valence-electron chi connectivity index (χ4n) is 3.75. The standard InChI is InChI=1S/C30H20F7N3O3S2/c1-15(27(41)40-26-24(33)22(31)21(30(35,36)37)23(32)25(26)34)45-19-9-7-18(8-10-19)38-29(43)20(13-16-11-12-44-14-16)39-28(42)17-5-3-2-4-6-17/h2-15H,1H3,(H,38,43)(H,39,42)(H,40,41)/b20-13-.